The van der Waals surface area contributed by atoms with Gasteiger partial charge in [0.1, 0.15) is 4.90 Å². The van der Waals surface area contributed by atoms with Crippen LogP contribution in [0.2, 0.25) is 0 Å². The zero-order valence-electron chi connectivity index (χ0n) is 9.87. The number of nitrogen functional groups attached to an aromatic ring is 1. The third kappa shape index (κ3) is 3.90. The van der Waals surface area contributed by atoms with Crippen molar-refractivity contribution in [2.24, 2.45) is 5.92 Å². The number of nitrogens with one attached hydrogen (secondary N) is 1. The van der Waals surface area contributed by atoms with Crippen molar-refractivity contribution in [3.63, 3.8) is 0 Å². The third-order valence-electron chi connectivity index (χ3n) is 2.55. The molecule has 1 saturated carbocycles. The number of ether oxygens (including phenoxy) is 1. The topological polar surface area (TPSA) is 107 Å². The first kappa shape index (κ1) is 13.2. The molecular formula is C10H16N4O3S. The highest BCUT2D eigenvalue weighted by atomic mass is 32.2. The van der Waals surface area contributed by atoms with Crippen molar-refractivity contribution in [1.82, 2.24) is 14.7 Å². The molecule has 1 aliphatic rings. The SMILES string of the molecule is Nc1ncc(S(=O)(=O)NCCOCC2CC2)cn1. The predicted octanol–water partition coefficient (Wildman–Crippen LogP) is -0.236. The molecule has 1 heterocycles. The van der Waals surface area contributed by atoms with Crippen LogP contribution in [0.25, 0.3) is 0 Å². The van der Waals surface area contributed by atoms with E-state index < -0.39 is 10.0 Å². The van der Waals surface area contributed by atoms with Gasteiger partial charge in [-0.15, -0.1) is 0 Å². The number of aromatic nitrogens is 2. The normalized spacial score (nSPS) is 15.8. The number of nitrogens with zero attached hydrogens (tertiary/aromatic N) is 2. The Kier molecular flexibility index (Phi) is 4.10. The number of hydrogen-bond acceptors (Lipinski definition) is 6. The Morgan fingerprint density at radius 3 is 2.67 bits per heavy atom. The van der Waals surface area contributed by atoms with Crippen molar-refractivity contribution in [2.75, 3.05) is 25.5 Å². The van der Waals surface area contributed by atoms with E-state index in [0.717, 1.165) is 0 Å². The van der Waals surface area contributed by atoms with Gasteiger partial charge in [0.05, 0.1) is 19.0 Å². The molecule has 1 aromatic rings. The van der Waals surface area contributed by atoms with E-state index in [9.17, 15) is 8.42 Å². The average Bonchev–Trinajstić information content (AvgIpc) is 3.13. The molecule has 18 heavy (non-hydrogen) atoms. The summed E-state index contributed by atoms with van der Waals surface area (Å²) in [5, 5.41) is 0. The Bertz CT molecular complexity index is 484. The average molecular weight is 272 g/mol. The molecule has 3 N–H and O–H groups in total. The Labute approximate surface area is 106 Å². The van der Waals surface area contributed by atoms with E-state index in [4.69, 9.17) is 10.5 Å². The molecule has 0 aliphatic heterocycles. The minimum Gasteiger partial charge on any atom is -0.380 e. The summed E-state index contributed by atoms with van der Waals surface area (Å²) < 4.78 is 31.3. The van der Waals surface area contributed by atoms with E-state index in [2.05, 4.69) is 14.7 Å². The van der Waals surface area contributed by atoms with Gasteiger partial charge in [-0.25, -0.2) is 23.1 Å². The van der Waals surface area contributed by atoms with Crippen LogP contribution in [-0.4, -0.2) is 38.1 Å². The van der Waals surface area contributed by atoms with Gasteiger partial charge in [0, 0.05) is 13.2 Å². The van der Waals surface area contributed by atoms with Crippen LogP contribution in [0.3, 0.4) is 0 Å². The maximum Gasteiger partial charge on any atom is 0.243 e. The zero-order valence-corrected chi connectivity index (χ0v) is 10.7. The molecule has 0 radical (unpaired) electrons. The first-order chi connectivity index (χ1) is 8.58. The lowest BCUT2D eigenvalue weighted by Gasteiger charge is -2.06. The van der Waals surface area contributed by atoms with Gasteiger partial charge in [-0.1, -0.05) is 0 Å². The van der Waals surface area contributed by atoms with Gasteiger partial charge in [0.25, 0.3) is 0 Å². The second kappa shape index (κ2) is 5.59. The summed E-state index contributed by atoms with van der Waals surface area (Å²) in [6.45, 7) is 1.32. The summed E-state index contributed by atoms with van der Waals surface area (Å²) in [6.07, 6.45) is 4.79. The van der Waals surface area contributed by atoms with E-state index in [0.29, 0.717) is 19.1 Å². The smallest absolute Gasteiger partial charge is 0.243 e. The summed E-state index contributed by atoms with van der Waals surface area (Å²) in [5.74, 6) is 0.717. The van der Waals surface area contributed by atoms with Crippen LogP contribution in [0.15, 0.2) is 17.3 Å². The molecule has 8 heteroatoms. The van der Waals surface area contributed by atoms with Gasteiger partial charge in [0.15, 0.2) is 0 Å². The number of anilines is 1. The molecule has 1 aromatic heterocycles. The summed E-state index contributed by atoms with van der Waals surface area (Å²) in [4.78, 5) is 7.27. The number of rotatable bonds is 7. The molecule has 0 bridgehead atoms. The Morgan fingerprint density at radius 1 is 1.39 bits per heavy atom. The fourth-order valence-electron chi connectivity index (χ4n) is 1.33. The summed E-state index contributed by atoms with van der Waals surface area (Å²) >= 11 is 0. The van der Waals surface area contributed by atoms with Crippen LogP contribution in [0.1, 0.15) is 12.8 Å². The lowest BCUT2D eigenvalue weighted by molar-refractivity contribution is 0.129. The second-order valence-electron chi connectivity index (χ2n) is 4.19. The van der Waals surface area contributed by atoms with Gasteiger partial charge < -0.3 is 10.5 Å². The molecule has 1 fully saturated rings. The molecule has 0 amide bonds. The van der Waals surface area contributed by atoms with E-state index in [1.807, 2.05) is 0 Å². The van der Waals surface area contributed by atoms with Gasteiger partial charge in [-0.3, -0.25) is 0 Å². The molecule has 0 spiro atoms. The first-order valence-electron chi connectivity index (χ1n) is 5.73. The molecule has 100 valence electrons. The minimum atomic E-state index is -3.57. The van der Waals surface area contributed by atoms with E-state index in [1.54, 1.807) is 0 Å². The molecule has 1 aliphatic carbocycles. The predicted molar refractivity (Wildman–Crippen MR) is 65.2 cm³/mol. The number of sulfonamides is 1. The Morgan fingerprint density at radius 2 is 2.06 bits per heavy atom. The van der Waals surface area contributed by atoms with Crippen LogP contribution >= 0.6 is 0 Å². The van der Waals surface area contributed by atoms with Gasteiger partial charge in [-0.2, -0.15) is 0 Å². The molecule has 0 atom stereocenters. The quantitative estimate of drug-likeness (QED) is 0.664. The number of hydrogen-bond donors (Lipinski definition) is 2. The minimum absolute atomic E-state index is 0.00103. The van der Waals surface area contributed by atoms with Crippen molar-refractivity contribution in [3.05, 3.63) is 12.4 Å². The molecule has 7 nitrogen and oxygen atoms in total. The largest absolute Gasteiger partial charge is 0.380 e. The van der Waals surface area contributed by atoms with E-state index >= 15 is 0 Å². The van der Waals surface area contributed by atoms with Crippen LogP contribution in [0.5, 0.6) is 0 Å². The van der Waals surface area contributed by atoms with Crippen LogP contribution in [0, 0.1) is 5.92 Å². The molecule has 0 unspecified atom stereocenters. The zero-order chi connectivity index (χ0) is 13.0. The van der Waals surface area contributed by atoms with Gasteiger partial charge >= 0.3 is 0 Å². The van der Waals surface area contributed by atoms with Crippen molar-refractivity contribution in [2.45, 2.75) is 17.7 Å². The van der Waals surface area contributed by atoms with Crippen molar-refractivity contribution < 1.29 is 13.2 Å². The summed E-state index contributed by atoms with van der Waals surface area (Å²) in [6, 6.07) is 0. The van der Waals surface area contributed by atoms with Crippen LogP contribution < -0.4 is 10.5 Å². The van der Waals surface area contributed by atoms with Crippen LogP contribution in [-0.2, 0) is 14.8 Å². The number of nitrogens with two attached hydrogens (primary N) is 1. The van der Waals surface area contributed by atoms with Crippen molar-refractivity contribution in [1.29, 1.82) is 0 Å². The molecule has 0 saturated heterocycles. The Balaban J connectivity index is 1.77. The monoisotopic (exact) mass is 272 g/mol. The fourth-order valence-corrected chi connectivity index (χ4v) is 2.23. The maximum atomic E-state index is 11.8. The van der Waals surface area contributed by atoms with Gasteiger partial charge in [0.2, 0.25) is 16.0 Å². The first-order valence-corrected chi connectivity index (χ1v) is 7.21. The third-order valence-corrected chi connectivity index (χ3v) is 3.96. The van der Waals surface area contributed by atoms with E-state index in [-0.39, 0.29) is 17.4 Å². The second-order valence-corrected chi connectivity index (χ2v) is 5.96. The molecule has 2 rings (SSSR count). The summed E-state index contributed by atoms with van der Waals surface area (Å²) in [7, 11) is -3.57. The van der Waals surface area contributed by atoms with Crippen molar-refractivity contribution >= 4 is 16.0 Å². The molecular weight excluding hydrogens is 256 g/mol. The highest BCUT2D eigenvalue weighted by Crippen LogP contribution is 2.28. The lowest BCUT2D eigenvalue weighted by atomic mass is 10.5. The highest BCUT2D eigenvalue weighted by Gasteiger charge is 2.21. The van der Waals surface area contributed by atoms with Gasteiger partial charge in [-0.05, 0) is 18.8 Å². The lowest BCUT2D eigenvalue weighted by Crippen LogP contribution is -2.28. The summed E-state index contributed by atoms with van der Waals surface area (Å²) in [5.41, 5.74) is 5.29. The Hall–Kier alpha value is -1.25. The fraction of sp³-hybridized carbons (Fsp3) is 0.600. The maximum absolute atomic E-state index is 11.8. The standard InChI is InChI=1S/C10H16N4O3S/c11-10-12-5-9(6-13-10)18(15,16)14-3-4-17-7-8-1-2-8/h5-6,8,14H,1-4,7H2,(H2,11,12,13). The van der Waals surface area contributed by atoms with Crippen LogP contribution in [0.4, 0.5) is 5.95 Å². The van der Waals surface area contributed by atoms with Crippen molar-refractivity contribution in [3.8, 4) is 0 Å². The molecule has 0 aromatic carbocycles. The highest BCUT2D eigenvalue weighted by molar-refractivity contribution is 7.89. The van der Waals surface area contributed by atoms with E-state index in [1.165, 1.54) is 25.2 Å².